The third-order valence-electron chi connectivity index (χ3n) is 2.87. The van der Waals surface area contributed by atoms with Crippen LogP contribution < -0.4 is 16.4 Å². The maximum absolute atomic E-state index is 12.5. The van der Waals surface area contributed by atoms with Crippen LogP contribution in [0.5, 0.6) is 0 Å². The highest BCUT2D eigenvalue weighted by Gasteiger charge is 2.30. The van der Waals surface area contributed by atoms with Gasteiger partial charge in [0.2, 0.25) is 0 Å². The second kappa shape index (κ2) is 7.98. The summed E-state index contributed by atoms with van der Waals surface area (Å²) in [6, 6.07) is 10.5. The fourth-order valence-corrected chi connectivity index (χ4v) is 1.93. The summed E-state index contributed by atoms with van der Waals surface area (Å²) in [5.74, 6) is -0.605. The topological polar surface area (TPSA) is 67.2 Å². The van der Waals surface area contributed by atoms with E-state index in [1.165, 1.54) is 0 Å². The fraction of sp³-hybridized carbons (Fsp3) is 0.0667. The summed E-state index contributed by atoms with van der Waals surface area (Å²) in [7, 11) is 0. The zero-order valence-electron chi connectivity index (χ0n) is 12.1. The quantitative estimate of drug-likeness (QED) is 0.551. The molecule has 0 aliphatic heterocycles. The summed E-state index contributed by atoms with van der Waals surface area (Å²) in [5, 5.41) is 5.18. The van der Waals surface area contributed by atoms with Crippen LogP contribution in [0, 0.1) is 0 Å². The molecule has 0 saturated heterocycles. The van der Waals surface area contributed by atoms with E-state index in [-0.39, 0.29) is 23.1 Å². The minimum absolute atomic E-state index is 0. The van der Waals surface area contributed by atoms with Crippen molar-refractivity contribution in [3.63, 3.8) is 0 Å². The molecule has 0 heterocycles. The molecule has 24 heavy (non-hydrogen) atoms. The molecule has 9 heteroatoms. The molecule has 0 unspecified atom stereocenters. The number of benzene rings is 2. The van der Waals surface area contributed by atoms with Gasteiger partial charge < -0.3 is 11.1 Å². The van der Waals surface area contributed by atoms with Crippen molar-refractivity contribution in [2.45, 2.75) is 6.18 Å². The van der Waals surface area contributed by atoms with E-state index in [0.717, 1.165) is 24.3 Å². The molecular weight excluding hydrogens is 363 g/mol. The smallest absolute Gasteiger partial charge is 0.399 e. The first-order valence-electron chi connectivity index (χ1n) is 6.41. The van der Waals surface area contributed by atoms with Crippen LogP contribution in [0.1, 0.15) is 15.9 Å². The van der Waals surface area contributed by atoms with Gasteiger partial charge in [-0.15, -0.1) is 12.4 Å². The molecule has 2 aromatic carbocycles. The monoisotopic (exact) mass is 375 g/mol. The summed E-state index contributed by atoms with van der Waals surface area (Å²) in [6.07, 6.45) is -4.44. The molecule has 2 aromatic rings. The zero-order chi connectivity index (χ0) is 17.0. The predicted molar refractivity (Wildman–Crippen MR) is 93.2 cm³/mol. The second-order valence-corrected chi connectivity index (χ2v) is 5.01. The van der Waals surface area contributed by atoms with Gasteiger partial charge in [0.25, 0.3) is 5.91 Å². The Balaban J connectivity index is 0.00000288. The molecule has 0 aliphatic rings. The molecule has 4 nitrogen and oxygen atoms in total. The minimum atomic E-state index is -4.44. The van der Waals surface area contributed by atoms with Gasteiger partial charge in [0, 0.05) is 16.9 Å². The Bertz CT molecular complexity index is 718. The summed E-state index contributed by atoms with van der Waals surface area (Å²) in [5.41, 5.74) is 5.99. The average molecular weight is 376 g/mol. The van der Waals surface area contributed by atoms with Crippen molar-refractivity contribution >= 4 is 47.0 Å². The maximum Gasteiger partial charge on any atom is 0.416 e. The normalized spacial score (nSPS) is 10.5. The molecule has 4 N–H and O–H groups in total. The van der Waals surface area contributed by atoms with Crippen LogP contribution in [-0.2, 0) is 6.18 Å². The Hall–Kier alpha value is -2.32. The molecule has 0 bridgehead atoms. The largest absolute Gasteiger partial charge is 0.416 e. The van der Waals surface area contributed by atoms with Crippen molar-refractivity contribution in [2.75, 3.05) is 11.1 Å². The minimum Gasteiger partial charge on any atom is -0.399 e. The molecule has 0 fully saturated rings. The highest BCUT2D eigenvalue weighted by molar-refractivity contribution is 7.80. The third kappa shape index (κ3) is 5.39. The van der Waals surface area contributed by atoms with Gasteiger partial charge in [0.1, 0.15) is 0 Å². The summed E-state index contributed by atoms with van der Waals surface area (Å²) < 4.78 is 37.4. The van der Waals surface area contributed by atoms with E-state index in [9.17, 15) is 18.0 Å². The van der Waals surface area contributed by atoms with E-state index in [0.29, 0.717) is 11.4 Å². The van der Waals surface area contributed by atoms with Gasteiger partial charge in [-0.25, -0.2) is 0 Å². The van der Waals surface area contributed by atoms with Gasteiger partial charge in [0.05, 0.1) is 5.56 Å². The van der Waals surface area contributed by atoms with Crippen molar-refractivity contribution in [2.24, 2.45) is 0 Å². The molecule has 128 valence electrons. The standard InChI is InChI=1S/C15H12F3N3OS.ClH/c16-15(17,18)10-3-1-9(2-4-10)13(22)21-14(23)20-12-7-5-11(19)6-8-12;/h1-8H,19H2,(H2,20,21,22,23);1H. The Morgan fingerprint density at radius 2 is 1.54 bits per heavy atom. The molecule has 0 aromatic heterocycles. The van der Waals surface area contributed by atoms with Crippen molar-refractivity contribution < 1.29 is 18.0 Å². The molecule has 0 aliphatic carbocycles. The summed E-state index contributed by atoms with van der Waals surface area (Å²) in [4.78, 5) is 11.9. The number of nitrogens with one attached hydrogen (secondary N) is 2. The van der Waals surface area contributed by atoms with Gasteiger partial charge in [0.15, 0.2) is 5.11 Å². The number of rotatable bonds is 2. The van der Waals surface area contributed by atoms with Gasteiger partial charge in [-0.3, -0.25) is 10.1 Å². The highest BCUT2D eigenvalue weighted by atomic mass is 35.5. The first-order valence-corrected chi connectivity index (χ1v) is 6.81. The average Bonchev–Trinajstić information content (AvgIpc) is 2.49. The number of amides is 1. The number of thiocarbonyl (C=S) groups is 1. The number of carbonyl (C=O) groups excluding carboxylic acids is 1. The van der Waals surface area contributed by atoms with Crippen molar-refractivity contribution in [1.82, 2.24) is 5.32 Å². The molecular formula is C15H13ClF3N3OS. The van der Waals surface area contributed by atoms with Crippen LogP contribution >= 0.6 is 24.6 Å². The SMILES string of the molecule is Cl.Nc1ccc(NC(=S)NC(=O)c2ccc(C(F)(F)F)cc2)cc1. The molecule has 0 radical (unpaired) electrons. The number of halogens is 4. The Labute approximate surface area is 147 Å². The number of nitrogen functional groups attached to an aromatic ring is 1. The van der Waals surface area contributed by atoms with E-state index in [2.05, 4.69) is 10.6 Å². The van der Waals surface area contributed by atoms with E-state index in [1.807, 2.05) is 0 Å². The first-order chi connectivity index (χ1) is 10.8. The highest BCUT2D eigenvalue weighted by Crippen LogP contribution is 2.29. The molecule has 0 spiro atoms. The Morgan fingerprint density at radius 3 is 2.04 bits per heavy atom. The van der Waals surface area contributed by atoms with E-state index < -0.39 is 17.6 Å². The molecule has 1 amide bonds. The van der Waals surface area contributed by atoms with Crippen molar-refractivity contribution in [1.29, 1.82) is 0 Å². The van der Waals surface area contributed by atoms with E-state index in [4.69, 9.17) is 18.0 Å². The Kier molecular flexibility index (Phi) is 6.56. The number of carbonyl (C=O) groups is 1. The lowest BCUT2D eigenvalue weighted by Gasteiger charge is -2.10. The number of hydrogen-bond donors (Lipinski definition) is 3. The molecule has 0 saturated carbocycles. The van der Waals surface area contributed by atoms with Gasteiger partial charge in [-0.2, -0.15) is 13.2 Å². The zero-order valence-corrected chi connectivity index (χ0v) is 13.7. The number of nitrogens with two attached hydrogens (primary N) is 1. The molecule has 2 rings (SSSR count). The van der Waals surface area contributed by atoms with Gasteiger partial charge >= 0.3 is 6.18 Å². The van der Waals surface area contributed by atoms with Crippen LogP contribution in [0.25, 0.3) is 0 Å². The van der Waals surface area contributed by atoms with Crippen LogP contribution in [0.3, 0.4) is 0 Å². The fourth-order valence-electron chi connectivity index (χ4n) is 1.71. The van der Waals surface area contributed by atoms with Crippen LogP contribution in [0.2, 0.25) is 0 Å². The van der Waals surface area contributed by atoms with Crippen molar-refractivity contribution in [3.8, 4) is 0 Å². The maximum atomic E-state index is 12.5. The van der Waals surface area contributed by atoms with Crippen LogP contribution in [-0.4, -0.2) is 11.0 Å². The number of alkyl halides is 3. The summed E-state index contributed by atoms with van der Waals surface area (Å²) >= 11 is 4.98. The Morgan fingerprint density at radius 1 is 1.00 bits per heavy atom. The lowest BCUT2D eigenvalue weighted by Crippen LogP contribution is -2.34. The third-order valence-corrected chi connectivity index (χ3v) is 3.07. The van der Waals surface area contributed by atoms with Crippen molar-refractivity contribution in [3.05, 3.63) is 59.7 Å². The van der Waals surface area contributed by atoms with E-state index in [1.54, 1.807) is 24.3 Å². The summed E-state index contributed by atoms with van der Waals surface area (Å²) in [6.45, 7) is 0. The van der Waals surface area contributed by atoms with Crippen LogP contribution in [0.4, 0.5) is 24.5 Å². The molecule has 0 atom stereocenters. The van der Waals surface area contributed by atoms with E-state index >= 15 is 0 Å². The predicted octanol–water partition coefficient (Wildman–Crippen LogP) is 3.84. The van der Waals surface area contributed by atoms with Gasteiger partial charge in [-0.05, 0) is 60.7 Å². The first kappa shape index (κ1) is 19.7. The lowest BCUT2D eigenvalue weighted by atomic mass is 10.1. The number of hydrogen-bond acceptors (Lipinski definition) is 3. The van der Waals surface area contributed by atoms with Crippen LogP contribution in [0.15, 0.2) is 48.5 Å². The lowest BCUT2D eigenvalue weighted by molar-refractivity contribution is -0.137. The number of anilines is 2. The second-order valence-electron chi connectivity index (χ2n) is 4.61. The van der Waals surface area contributed by atoms with Gasteiger partial charge in [-0.1, -0.05) is 0 Å².